The molecule has 1 aliphatic carbocycles. The molecule has 2 unspecified atom stereocenters. The van der Waals surface area contributed by atoms with Crippen molar-refractivity contribution in [1.29, 1.82) is 0 Å². The van der Waals surface area contributed by atoms with Gasteiger partial charge in [-0.25, -0.2) is 13.2 Å². The lowest BCUT2D eigenvalue weighted by molar-refractivity contribution is -0.227. The van der Waals surface area contributed by atoms with E-state index in [2.05, 4.69) is 4.74 Å². The van der Waals surface area contributed by atoms with Crippen LogP contribution in [0.5, 0.6) is 0 Å². The minimum absolute atomic E-state index is 0.166. The van der Waals surface area contributed by atoms with Gasteiger partial charge in [0, 0.05) is 44.3 Å². The number of rotatable bonds is 16. The third-order valence-electron chi connectivity index (χ3n) is 8.15. The molecule has 1 saturated carbocycles. The first-order chi connectivity index (χ1) is 19.7. The number of unbranched alkanes of at least 4 members (excludes halogenated alkanes) is 2. The van der Waals surface area contributed by atoms with E-state index < -0.39 is 54.8 Å². The van der Waals surface area contributed by atoms with Gasteiger partial charge in [-0.15, -0.1) is 0 Å². The highest BCUT2D eigenvalue weighted by Crippen LogP contribution is 2.41. The van der Waals surface area contributed by atoms with Crippen LogP contribution < -0.4 is 0 Å². The van der Waals surface area contributed by atoms with Crippen molar-refractivity contribution in [3.8, 4) is 0 Å². The standard InChI is InChI=1S/C31H49F3O7/c1-3-4-18-31(33,34)26(41-29-15-9-11-20-39-29)17-16-22-25(40-28-14-8-10-19-38-28)21-24(35)30(22)23(32)12-6-5-7-13-27(36)37-2/h6,12,16-17,22-26,28-30,35H,3-5,7-11,13-15,18-21H2,1-2H3/t22-,23-,24-,25+,26+,28?,29?,30-/m0/s1. The summed E-state index contributed by atoms with van der Waals surface area (Å²) in [6, 6.07) is 0. The number of esters is 1. The molecule has 0 amide bonds. The van der Waals surface area contributed by atoms with Crippen molar-refractivity contribution in [2.45, 2.75) is 133 Å². The topological polar surface area (TPSA) is 83.5 Å². The van der Waals surface area contributed by atoms with Crippen molar-refractivity contribution < 1.29 is 46.8 Å². The summed E-state index contributed by atoms with van der Waals surface area (Å²) in [4.78, 5) is 11.3. The second kappa shape index (κ2) is 17.6. The molecule has 3 aliphatic rings. The van der Waals surface area contributed by atoms with Crippen LogP contribution in [0.3, 0.4) is 0 Å². The van der Waals surface area contributed by atoms with Gasteiger partial charge in [0.15, 0.2) is 12.6 Å². The molecular formula is C31H49F3O7. The maximum atomic E-state index is 15.7. The van der Waals surface area contributed by atoms with Crippen LogP contribution in [0.4, 0.5) is 13.2 Å². The molecule has 2 saturated heterocycles. The van der Waals surface area contributed by atoms with E-state index in [9.17, 15) is 9.90 Å². The summed E-state index contributed by atoms with van der Waals surface area (Å²) < 4.78 is 74.4. The van der Waals surface area contributed by atoms with Crippen molar-refractivity contribution in [2.75, 3.05) is 20.3 Å². The van der Waals surface area contributed by atoms with Gasteiger partial charge in [-0.3, -0.25) is 4.79 Å². The summed E-state index contributed by atoms with van der Waals surface area (Å²) in [6.45, 7) is 2.88. The molecule has 8 atom stereocenters. The fourth-order valence-electron chi connectivity index (χ4n) is 5.77. The summed E-state index contributed by atoms with van der Waals surface area (Å²) in [7, 11) is 1.32. The van der Waals surface area contributed by atoms with Crippen LogP contribution in [0.15, 0.2) is 24.3 Å². The lowest BCUT2D eigenvalue weighted by atomic mass is 9.87. The number of aliphatic hydroxyl groups is 1. The molecule has 41 heavy (non-hydrogen) atoms. The zero-order valence-corrected chi connectivity index (χ0v) is 24.6. The largest absolute Gasteiger partial charge is 0.469 e. The Kier molecular flexibility index (Phi) is 14.6. The van der Waals surface area contributed by atoms with Crippen molar-refractivity contribution in [2.24, 2.45) is 11.8 Å². The Hall–Kier alpha value is -1.46. The van der Waals surface area contributed by atoms with E-state index in [1.807, 2.05) is 6.92 Å². The smallest absolute Gasteiger partial charge is 0.305 e. The number of carbonyl (C=O) groups is 1. The van der Waals surface area contributed by atoms with E-state index in [1.165, 1.54) is 19.3 Å². The van der Waals surface area contributed by atoms with Crippen LogP contribution in [0, 0.1) is 11.8 Å². The quantitative estimate of drug-likeness (QED) is 0.126. The Morgan fingerprint density at radius 2 is 1.78 bits per heavy atom. The van der Waals surface area contributed by atoms with E-state index in [0.717, 1.165) is 25.7 Å². The lowest BCUT2D eigenvalue weighted by Crippen LogP contribution is -2.39. The van der Waals surface area contributed by atoms with Gasteiger partial charge in [0.25, 0.3) is 5.92 Å². The minimum atomic E-state index is -3.14. The molecule has 236 valence electrons. The molecule has 0 aromatic carbocycles. The Balaban J connectivity index is 1.79. The third kappa shape index (κ3) is 11.0. The molecular weight excluding hydrogens is 541 g/mol. The second-order valence-corrected chi connectivity index (χ2v) is 11.4. The Labute approximate surface area is 242 Å². The van der Waals surface area contributed by atoms with E-state index in [0.29, 0.717) is 51.7 Å². The molecule has 3 rings (SSSR count). The van der Waals surface area contributed by atoms with Crippen molar-refractivity contribution >= 4 is 5.97 Å². The second-order valence-electron chi connectivity index (χ2n) is 11.4. The molecule has 0 aromatic rings. The maximum Gasteiger partial charge on any atom is 0.305 e. The summed E-state index contributed by atoms with van der Waals surface area (Å²) >= 11 is 0. The van der Waals surface area contributed by atoms with Crippen molar-refractivity contribution in [1.82, 2.24) is 0 Å². The molecule has 0 radical (unpaired) electrons. The number of methoxy groups -OCH3 is 1. The predicted octanol–water partition coefficient (Wildman–Crippen LogP) is 6.43. The summed E-state index contributed by atoms with van der Waals surface area (Å²) in [6.07, 6.45) is 6.78. The minimum Gasteiger partial charge on any atom is -0.469 e. The lowest BCUT2D eigenvalue weighted by Gasteiger charge is -2.32. The molecule has 2 aliphatic heterocycles. The fraction of sp³-hybridized carbons (Fsp3) is 0.839. The number of aliphatic hydroxyl groups excluding tert-OH is 1. The first-order valence-corrected chi connectivity index (χ1v) is 15.4. The van der Waals surface area contributed by atoms with Crippen LogP contribution in [-0.4, -0.2) is 74.4 Å². The molecule has 10 heteroatoms. The van der Waals surface area contributed by atoms with Gasteiger partial charge in [-0.1, -0.05) is 37.6 Å². The van der Waals surface area contributed by atoms with E-state index >= 15 is 13.2 Å². The number of hydrogen-bond acceptors (Lipinski definition) is 7. The molecule has 0 bridgehead atoms. The zero-order valence-electron chi connectivity index (χ0n) is 24.6. The average molecular weight is 591 g/mol. The van der Waals surface area contributed by atoms with Crippen molar-refractivity contribution in [3.63, 3.8) is 0 Å². The number of carbonyl (C=O) groups excluding carboxylic acids is 1. The van der Waals surface area contributed by atoms with E-state index in [1.54, 1.807) is 12.2 Å². The highest BCUT2D eigenvalue weighted by atomic mass is 19.3. The van der Waals surface area contributed by atoms with E-state index in [-0.39, 0.29) is 25.2 Å². The van der Waals surface area contributed by atoms with Crippen LogP contribution in [-0.2, 0) is 28.5 Å². The molecule has 1 N–H and O–H groups in total. The number of hydrogen-bond donors (Lipinski definition) is 1. The average Bonchev–Trinajstić information content (AvgIpc) is 3.28. The first-order valence-electron chi connectivity index (χ1n) is 15.4. The van der Waals surface area contributed by atoms with Crippen LogP contribution >= 0.6 is 0 Å². The summed E-state index contributed by atoms with van der Waals surface area (Å²) in [5, 5.41) is 11.0. The fourth-order valence-corrected chi connectivity index (χ4v) is 5.77. The van der Waals surface area contributed by atoms with Gasteiger partial charge in [0.2, 0.25) is 0 Å². The van der Waals surface area contributed by atoms with Gasteiger partial charge in [-0.2, -0.15) is 0 Å². The third-order valence-corrected chi connectivity index (χ3v) is 8.15. The SMILES string of the molecule is CCCCC(F)(F)[C@@H](C=C[C@@H]1[C@@H]([C@@H](F)C=CCCCC(=O)OC)[C@@H](O)C[C@H]1OC1CCCCO1)OC1CCCCO1. The van der Waals surface area contributed by atoms with Gasteiger partial charge in [0.05, 0.1) is 19.3 Å². The molecule has 2 heterocycles. The predicted molar refractivity (Wildman–Crippen MR) is 148 cm³/mol. The Bertz CT molecular complexity index is 812. The van der Waals surface area contributed by atoms with Crippen molar-refractivity contribution in [3.05, 3.63) is 24.3 Å². The number of halogens is 3. The molecule has 3 fully saturated rings. The van der Waals surface area contributed by atoms with Gasteiger partial charge in [-0.05, 0) is 57.8 Å². The number of allylic oxidation sites excluding steroid dienone is 2. The van der Waals surface area contributed by atoms with Crippen LogP contribution in [0.25, 0.3) is 0 Å². The van der Waals surface area contributed by atoms with Gasteiger partial charge < -0.3 is 28.8 Å². The normalized spacial score (nSPS) is 31.1. The van der Waals surface area contributed by atoms with E-state index in [4.69, 9.17) is 18.9 Å². The summed E-state index contributed by atoms with van der Waals surface area (Å²) in [5.74, 6) is -5.04. The maximum absolute atomic E-state index is 15.7. The zero-order chi connectivity index (χ0) is 29.7. The molecule has 7 nitrogen and oxygen atoms in total. The monoisotopic (exact) mass is 590 g/mol. The van der Waals surface area contributed by atoms with Crippen LogP contribution in [0.2, 0.25) is 0 Å². The number of alkyl halides is 3. The highest BCUT2D eigenvalue weighted by Gasteiger charge is 2.47. The molecule has 0 aromatic heterocycles. The Morgan fingerprint density at radius 1 is 1.07 bits per heavy atom. The highest BCUT2D eigenvalue weighted by molar-refractivity contribution is 5.69. The summed E-state index contributed by atoms with van der Waals surface area (Å²) in [5.41, 5.74) is 0. The number of ether oxygens (including phenoxy) is 5. The van der Waals surface area contributed by atoms with Crippen LogP contribution in [0.1, 0.15) is 90.4 Å². The van der Waals surface area contributed by atoms with Gasteiger partial charge >= 0.3 is 5.97 Å². The molecule has 0 spiro atoms. The first kappa shape index (κ1) is 34.0. The van der Waals surface area contributed by atoms with Gasteiger partial charge in [0.1, 0.15) is 12.3 Å². The Morgan fingerprint density at radius 3 is 2.41 bits per heavy atom.